The third-order valence-corrected chi connectivity index (χ3v) is 3.02. The quantitative estimate of drug-likeness (QED) is 0.788. The first kappa shape index (κ1) is 12.5. The lowest BCUT2D eigenvalue weighted by molar-refractivity contribution is -0.140. The first-order chi connectivity index (χ1) is 8.78. The van der Waals surface area contributed by atoms with Crippen LogP contribution in [0.3, 0.4) is 0 Å². The van der Waals surface area contributed by atoms with Crippen molar-refractivity contribution in [1.29, 1.82) is 0 Å². The number of nitrogens with one attached hydrogen (secondary N) is 1. The van der Waals surface area contributed by atoms with Gasteiger partial charge in [0.05, 0.1) is 25.8 Å². The maximum atomic E-state index is 11.0. The molecule has 0 unspecified atom stereocenters. The summed E-state index contributed by atoms with van der Waals surface area (Å²) in [7, 11) is 1.38. The molecule has 0 atom stereocenters. The van der Waals surface area contributed by atoms with Gasteiger partial charge in [-0.05, 0) is 0 Å². The Morgan fingerprint density at radius 1 is 1.61 bits per heavy atom. The number of esters is 1. The van der Waals surface area contributed by atoms with E-state index in [-0.39, 0.29) is 5.97 Å². The van der Waals surface area contributed by atoms with Gasteiger partial charge >= 0.3 is 5.97 Å². The second-order valence-electron chi connectivity index (χ2n) is 3.42. The highest BCUT2D eigenvalue weighted by Gasteiger charge is 2.06. The van der Waals surface area contributed by atoms with E-state index in [1.54, 1.807) is 0 Å². The molecule has 1 N–H and O–H groups in total. The van der Waals surface area contributed by atoms with Gasteiger partial charge in [0, 0.05) is 11.8 Å². The normalized spacial score (nSPS) is 10.3. The van der Waals surface area contributed by atoms with Crippen molar-refractivity contribution in [3.8, 4) is 0 Å². The third kappa shape index (κ3) is 3.52. The molecule has 8 heteroatoms. The summed E-state index contributed by atoms with van der Waals surface area (Å²) in [4.78, 5) is 19.2. The molecule has 2 heterocycles. The summed E-state index contributed by atoms with van der Waals surface area (Å²) < 4.78 is 9.19. The zero-order valence-electron chi connectivity index (χ0n) is 9.75. The molecule has 96 valence electrons. The highest BCUT2D eigenvalue weighted by Crippen LogP contribution is 2.17. The fourth-order valence-corrected chi connectivity index (χ4v) is 2.00. The number of methoxy groups -OCH3 is 1. The SMILES string of the molecule is COC(=O)CCc1csc(NCc2ncon2)n1. The van der Waals surface area contributed by atoms with Crippen LogP contribution in [0.15, 0.2) is 16.3 Å². The van der Waals surface area contributed by atoms with E-state index in [0.717, 1.165) is 10.8 Å². The van der Waals surface area contributed by atoms with Crippen LogP contribution in [0.1, 0.15) is 17.9 Å². The molecule has 0 fully saturated rings. The number of carbonyl (C=O) groups is 1. The number of carbonyl (C=O) groups excluding carboxylic acids is 1. The van der Waals surface area contributed by atoms with Gasteiger partial charge in [-0.15, -0.1) is 11.3 Å². The molecule has 2 aromatic rings. The molecule has 0 aliphatic carbocycles. The van der Waals surface area contributed by atoms with E-state index in [1.807, 2.05) is 5.38 Å². The van der Waals surface area contributed by atoms with Crippen molar-refractivity contribution < 1.29 is 14.1 Å². The van der Waals surface area contributed by atoms with E-state index in [2.05, 4.69) is 29.7 Å². The number of hydrogen-bond donors (Lipinski definition) is 1. The predicted molar refractivity (Wildman–Crippen MR) is 64.1 cm³/mol. The minimum atomic E-state index is -0.232. The molecular formula is C10H12N4O3S. The van der Waals surface area contributed by atoms with Gasteiger partial charge in [-0.2, -0.15) is 4.98 Å². The Labute approximate surface area is 107 Å². The van der Waals surface area contributed by atoms with Crippen molar-refractivity contribution in [3.05, 3.63) is 23.3 Å². The molecule has 0 saturated carbocycles. The second kappa shape index (κ2) is 6.10. The van der Waals surface area contributed by atoms with E-state index in [0.29, 0.717) is 25.2 Å². The van der Waals surface area contributed by atoms with E-state index < -0.39 is 0 Å². The van der Waals surface area contributed by atoms with Crippen molar-refractivity contribution in [2.45, 2.75) is 19.4 Å². The van der Waals surface area contributed by atoms with Gasteiger partial charge in [-0.1, -0.05) is 5.16 Å². The van der Waals surface area contributed by atoms with Crippen LogP contribution in [-0.4, -0.2) is 28.2 Å². The smallest absolute Gasteiger partial charge is 0.305 e. The van der Waals surface area contributed by atoms with Gasteiger partial charge in [0.15, 0.2) is 11.0 Å². The molecule has 0 aliphatic heterocycles. The van der Waals surface area contributed by atoms with Crippen LogP contribution in [0.4, 0.5) is 5.13 Å². The molecule has 2 aromatic heterocycles. The van der Waals surface area contributed by atoms with Crippen LogP contribution in [0.25, 0.3) is 0 Å². The van der Waals surface area contributed by atoms with Crippen molar-refractivity contribution in [3.63, 3.8) is 0 Å². The van der Waals surface area contributed by atoms with Crippen LogP contribution in [0.2, 0.25) is 0 Å². The number of nitrogens with zero attached hydrogens (tertiary/aromatic N) is 3. The lowest BCUT2D eigenvalue weighted by Crippen LogP contribution is -2.03. The summed E-state index contributed by atoms with van der Waals surface area (Å²) in [6.07, 6.45) is 2.19. The molecule has 0 spiro atoms. The lowest BCUT2D eigenvalue weighted by Gasteiger charge is -1.97. The molecular weight excluding hydrogens is 256 g/mol. The van der Waals surface area contributed by atoms with Gasteiger partial charge < -0.3 is 14.6 Å². The molecule has 2 rings (SSSR count). The molecule has 18 heavy (non-hydrogen) atoms. The van der Waals surface area contributed by atoms with Gasteiger partial charge in [-0.3, -0.25) is 4.79 Å². The Bertz CT molecular complexity index is 497. The van der Waals surface area contributed by atoms with E-state index >= 15 is 0 Å². The van der Waals surface area contributed by atoms with E-state index in [9.17, 15) is 4.79 Å². The van der Waals surface area contributed by atoms with Crippen molar-refractivity contribution in [2.75, 3.05) is 12.4 Å². The summed E-state index contributed by atoms with van der Waals surface area (Å²) in [6.45, 7) is 0.459. The fourth-order valence-electron chi connectivity index (χ4n) is 1.26. The number of ether oxygens (including phenoxy) is 1. The van der Waals surface area contributed by atoms with Gasteiger partial charge in [0.1, 0.15) is 0 Å². The molecule has 0 amide bonds. The summed E-state index contributed by atoms with van der Waals surface area (Å²) in [5, 5.41) is 9.42. The average Bonchev–Trinajstić information content (AvgIpc) is 3.04. The maximum Gasteiger partial charge on any atom is 0.305 e. The standard InChI is InChI=1S/C10H12N4O3S/c1-16-9(15)3-2-7-5-18-10(13-7)11-4-8-12-6-17-14-8/h5-6H,2-4H2,1H3,(H,11,13). The maximum absolute atomic E-state index is 11.0. The van der Waals surface area contributed by atoms with Crippen LogP contribution in [-0.2, 0) is 22.5 Å². The Hall–Kier alpha value is -1.96. The van der Waals surface area contributed by atoms with E-state index in [1.165, 1.54) is 24.8 Å². The molecule has 0 saturated heterocycles. The number of rotatable bonds is 6. The zero-order chi connectivity index (χ0) is 12.8. The Balaban J connectivity index is 1.80. The van der Waals surface area contributed by atoms with Crippen LogP contribution in [0.5, 0.6) is 0 Å². The predicted octanol–water partition coefficient (Wildman–Crippen LogP) is 1.24. The van der Waals surface area contributed by atoms with E-state index in [4.69, 9.17) is 0 Å². The van der Waals surface area contributed by atoms with Crippen LogP contribution >= 0.6 is 11.3 Å². The summed E-state index contributed by atoms with van der Waals surface area (Å²) in [5.74, 6) is 0.339. The number of thiazole rings is 1. The number of hydrogen-bond acceptors (Lipinski definition) is 8. The molecule has 0 aromatic carbocycles. The minimum absolute atomic E-state index is 0.232. The van der Waals surface area contributed by atoms with Gasteiger partial charge in [0.2, 0.25) is 6.39 Å². The number of aromatic nitrogens is 3. The fraction of sp³-hybridized carbons (Fsp3) is 0.400. The summed E-state index contributed by atoms with van der Waals surface area (Å²) >= 11 is 1.47. The summed E-state index contributed by atoms with van der Waals surface area (Å²) in [5.41, 5.74) is 0.862. The number of aryl methyl sites for hydroxylation is 1. The zero-order valence-corrected chi connectivity index (χ0v) is 10.6. The highest BCUT2D eigenvalue weighted by atomic mass is 32.1. The minimum Gasteiger partial charge on any atom is -0.469 e. The lowest BCUT2D eigenvalue weighted by atomic mass is 10.2. The van der Waals surface area contributed by atoms with Gasteiger partial charge in [0.25, 0.3) is 0 Å². The molecule has 0 radical (unpaired) electrons. The van der Waals surface area contributed by atoms with Crippen molar-refractivity contribution >= 4 is 22.4 Å². The van der Waals surface area contributed by atoms with Crippen molar-refractivity contribution in [2.24, 2.45) is 0 Å². The first-order valence-electron chi connectivity index (χ1n) is 5.28. The second-order valence-corrected chi connectivity index (χ2v) is 4.28. The molecule has 7 nitrogen and oxygen atoms in total. The Morgan fingerprint density at radius 3 is 3.22 bits per heavy atom. The third-order valence-electron chi connectivity index (χ3n) is 2.17. The Kier molecular flexibility index (Phi) is 4.24. The highest BCUT2D eigenvalue weighted by molar-refractivity contribution is 7.13. The molecule has 0 aliphatic rings. The van der Waals surface area contributed by atoms with Gasteiger partial charge in [-0.25, -0.2) is 4.98 Å². The number of anilines is 1. The monoisotopic (exact) mass is 268 g/mol. The average molecular weight is 268 g/mol. The van der Waals surface area contributed by atoms with Crippen LogP contribution in [0, 0.1) is 0 Å². The van der Waals surface area contributed by atoms with Crippen LogP contribution < -0.4 is 5.32 Å². The Morgan fingerprint density at radius 2 is 2.50 bits per heavy atom. The summed E-state index contributed by atoms with van der Waals surface area (Å²) in [6, 6.07) is 0. The molecule has 0 bridgehead atoms. The van der Waals surface area contributed by atoms with Crippen molar-refractivity contribution in [1.82, 2.24) is 15.1 Å². The topological polar surface area (TPSA) is 90.1 Å². The first-order valence-corrected chi connectivity index (χ1v) is 6.16. The largest absolute Gasteiger partial charge is 0.469 e.